The Labute approximate surface area is 139 Å². The molecule has 2 rings (SSSR count). The molecule has 2 heterocycles. The van der Waals surface area contributed by atoms with Crippen LogP contribution in [0.15, 0.2) is 0 Å². The number of hydrogen-bond donors (Lipinski definition) is 2. The summed E-state index contributed by atoms with van der Waals surface area (Å²) in [6.45, 7) is -3.60. The quantitative estimate of drug-likeness (QED) is 0.351. The minimum Gasteiger partial charge on any atom is -0.789 e. The average Bonchev–Trinajstić information content (AvgIpc) is 2.06. The van der Waals surface area contributed by atoms with E-state index >= 15 is 0 Å². The fraction of sp³-hybridized carbons (Fsp3) is 1.00. The summed E-state index contributed by atoms with van der Waals surface area (Å²) < 4.78 is 62.4. The molecule has 0 aromatic rings. The number of phosphoric acid groups is 4. The van der Waals surface area contributed by atoms with Crippen molar-refractivity contribution >= 4 is 31.3 Å². The van der Waals surface area contributed by atoms with E-state index in [2.05, 4.69) is 26.7 Å². The summed E-state index contributed by atoms with van der Waals surface area (Å²) in [6.07, 6.45) is 0. The van der Waals surface area contributed by atoms with Crippen molar-refractivity contribution in [1.82, 2.24) is 0 Å². The van der Waals surface area contributed by atoms with Gasteiger partial charge in [0, 0.05) is 0 Å². The Hall–Kier alpha value is 1.09. The van der Waals surface area contributed by atoms with E-state index < -0.39 is 44.2 Å². The number of aliphatic hydroxyl groups excluding tert-OH is 2. The van der Waals surface area contributed by atoms with Crippen LogP contribution in [0.4, 0.5) is 0 Å². The van der Waals surface area contributed by atoms with Gasteiger partial charge in [-0.15, -0.1) is 0 Å². The van der Waals surface area contributed by atoms with E-state index in [0.29, 0.717) is 0 Å². The monoisotopic (exact) mass is 505 g/mol. The molecule has 2 fully saturated rings. The first-order valence-corrected chi connectivity index (χ1v) is 10.2. The molecule has 0 amide bonds. The van der Waals surface area contributed by atoms with Gasteiger partial charge in [-0.1, -0.05) is 0 Å². The first kappa shape index (κ1) is 24.1. The fourth-order valence-corrected chi connectivity index (χ4v) is 4.27. The molecular weight excluding hydrogens is 502 g/mol. The van der Waals surface area contributed by atoms with E-state index in [4.69, 9.17) is 10.2 Å². The predicted molar refractivity (Wildman–Crippen MR) is 48.9 cm³/mol. The molecular formula is C2H4O16P4Tc. The summed E-state index contributed by atoms with van der Waals surface area (Å²) in [7, 11) is -19.4. The zero-order chi connectivity index (χ0) is 17.4. The molecule has 0 atom stereocenters. The van der Waals surface area contributed by atoms with Gasteiger partial charge in [0.1, 0.15) is 0 Å². The van der Waals surface area contributed by atoms with Crippen LogP contribution in [0, 0.1) is 0 Å². The van der Waals surface area contributed by atoms with Crippen LogP contribution in [0.25, 0.3) is 0 Å². The fourth-order valence-electron chi connectivity index (χ4n) is 0.779. The van der Waals surface area contributed by atoms with Crippen LogP contribution in [0.5, 0.6) is 0 Å². The summed E-state index contributed by atoms with van der Waals surface area (Å²) >= 11 is 0. The second-order valence-corrected chi connectivity index (χ2v) is 8.72. The minimum absolute atomic E-state index is 0. The summed E-state index contributed by atoms with van der Waals surface area (Å²) in [4.78, 5) is 39.1. The van der Waals surface area contributed by atoms with Crippen molar-refractivity contribution in [2.45, 2.75) is 13.0 Å². The van der Waals surface area contributed by atoms with Gasteiger partial charge in [0.25, 0.3) is 13.0 Å². The molecule has 2 aliphatic heterocycles. The van der Waals surface area contributed by atoms with E-state index in [-0.39, 0.29) is 20.1 Å². The normalized spacial score (nSPS) is 36.6. The molecule has 2 N–H and O–H groups in total. The topological polar surface area (TPSA) is 256 Å². The molecule has 0 spiro atoms. The third kappa shape index (κ3) is 9.38. The number of phosphoric ester groups is 2. The molecule has 16 nitrogen and oxygen atoms in total. The van der Waals surface area contributed by atoms with Crippen molar-refractivity contribution in [2.75, 3.05) is 0 Å². The SMILES string of the molecule is O=P([O-])([O-])OP1(=O)OC(O)O1.O=P([O-])([O-])OP1(=O)OC(O)O1.[Tc+4]. The number of rotatable bonds is 4. The Morgan fingerprint density at radius 1 is 0.783 bits per heavy atom. The van der Waals surface area contributed by atoms with Crippen LogP contribution in [0.2, 0.25) is 0 Å². The van der Waals surface area contributed by atoms with Gasteiger partial charge in [-0.05, 0) is 0 Å². The molecule has 2 aliphatic rings. The van der Waals surface area contributed by atoms with Gasteiger partial charge in [0.2, 0.25) is 0 Å². The van der Waals surface area contributed by atoms with Crippen molar-refractivity contribution in [1.29, 1.82) is 0 Å². The summed E-state index contributed by atoms with van der Waals surface area (Å²) in [5, 5.41) is 16.4. The Bertz CT molecular complexity index is 515. The first-order chi connectivity index (χ1) is 9.62. The maximum Gasteiger partial charge on any atom is 4.00 e. The van der Waals surface area contributed by atoms with Gasteiger partial charge < -0.3 is 38.9 Å². The summed E-state index contributed by atoms with van der Waals surface area (Å²) in [6, 6.07) is 0. The van der Waals surface area contributed by atoms with Crippen LogP contribution in [-0.4, -0.2) is 23.2 Å². The Morgan fingerprint density at radius 2 is 1.00 bits per heavy atom. The Kier molecular flexibility index (Phi) is 8.58. The molecule has 1 radical (unpaired) electrons. The average molecular weight is 506 g/mol. The molecule has 0 aromatic carbocycles. The zero-order valence-electron chi connectivity index (χ0n) is 9.93. The van der Waals surface area contributed by atoms with Crippen LogP contribution in [0.1, 0.15) is 0 Å². The molecule has 0 bridgehead atoms. The van der Waals surface area contributed by atoms with Crippen LogP contribution < -0.4 is 19.6 Å². The van der Waals surface area contributed by atoms with Gasteiger partial charge in [-0.2, -0.15) is 0 Å². The first-order valence-electron chi connectivity index (χ1n) is 4.38. The number of aliphatic hydroxyl groups is 2. The Morgan fingerprint density at radius 3 is 1.13 bits per heavy atom. The molecule has 0 aliphatic carbocycles. The van der Waals surface area contributed by atoms with Crippen LogP contribution >= 0.6 is 31.3 Å². The molecule has 2 saturated heterocycles. The van der Waals surface area contributed by atoms with Crippen molar-refractivity contribution in [3.63, 3.8) is 0 Å². The van der Waals surface area contributed by atoms with Gasteiger partial charge in [0.15, 0.2) is 0 Å². The van der Waals surface area contributed by atoms with Crippen LogP contribution in [-0.2, 0) is 65.1 Å². The van der Waals surface area contributed by atoms with Crippen molar-refractivity contribution in [3.05, 3.63) is 0 Å². The maximum absolute atomic E-state index is 10.5. The van der Waals surface area contributed by atoms with Crippen molar-refractivity contribution < 1.29 is 94.9 Å². The van der Waals surface area contributed by atoms with Gasteiger partial charge in [-0.25, -0.2) is 27.2 Å². The van der Waals surface area contributed by atoms with Crippen molar-refractivity contribution in [3.8, 4) is 0 Å². The van der Waals surface area contributed by atoms with Gasteiger partial charge in [-0.3, -0.25) is 8.62 Å². The van der Waals surface area contributed by atoms with E-state index in [1.54, 1.807) is 0 Å². The third-order valence-electron chi connectivity index (χ3n) is 1.28. The summed E-state index contributed by atoms with van der Waals surface area (Å²) in [5.74, 6) is 0. The van der Waals surface area contributed by atoms with E-state index in [9.17, 15) is 37.8 Å². The van der Waals surface area contributed by atoms with E-state index in [0.717, 1.165) is 0 Å². The standard InChI is InChI=1S/2CH4O8P2.Tc/c2*2-1-7-11(6,8-1)9-10(3,4)5;/h2*1-2H,(H2,3,4,5);/q;;+4/p-4. The van der Waals surface area contributed by atoms with Gasteiger partial charge in [0.05, 0.1) is 15.6 Å². The number of hydrogen-bond acceptors (Lipinski definition) is 16. The molecule has 0 aromatic heterocycles. The second kappa shape index (κ2) is 8.19. The third-order valence-corrected chi connectivity index (χ3v) is 6.23. The Balaban J connectivity index is 0.000000403. The summed E-state index contributed by atoms with van der Waals surface area (Å²) in [5.41, 5.74) is 0. The smallest absolute Gasteiger partial charge is 0.789 e. The van der Waals surface area contributed by atoms with Crippen LogP contribution in [0.3, 0.4) is 0 Å². The predicted octanol–water partition coefficient (Wildman–Crippen LogP) is -3.48. The molecule has 23 heavy (non-hydrogen) atoms. The molecule has 0 saturated carbocycles. The molecule has 135 valence electrons. The van der Waals surface area contributed by atoms with E-state index in [1.165, 1.54) is 0 Å². The minimum atomic E-state index is -5.40. The zero-order valence-corrected chi connectivity index (χ0v) is 15.4. The largest absolute Gasteiger partial charge is 4.00 e. The van der Waals surface area contributed by atoms with Crippen molar-refractivity contribution in [2.24, 2.45) is 0 Å². The van der Waals surface area contributed by atoms with Gasteiger partial charge >= 0.3 is 35.8 Å². The van der Waals surface area contributed by atoms with E-state index in [1.807, 2.05) is 0 Å². The molecule has 21 heteroatoms. The maximum atomic E-state index is 10.5. The molecule has 0 unspecified atom stereocenters. The second-order valence-electron chi connectivity index (χ2n) is 2.99.